The van der Waals surface area contributed by atoms with Crippen molar-refractivity contribution in [2.24, 2.45) is 0 Å². The van der Waals surface area contributed by atoms with E-state index < -0.39 is 5.97 Å². The van der Waals surface area contributed by atoms with Crippen LogP contribution in [0.5, 0.6) is 0 Å². The lowest BCUT2D eigenvalue weighted by molar-refractivity contribution is -0.137. The van der Waals surface area contributed by atoms with Crippen LogP contribution in [0.2, 0.25) is 0 Å². The summed E-state index contributed by atoms with van der Waals surface area (Å²) in [5.74, 6) is -0.693. The van der Waals surface area contributed by atoms with Gasteiger partial charge in [-0.1, -0.05) is 13.3 Å². The Morgan fingerprint density at radius 3 is 1.90 bits per heavy atom. The quantitative estimate of drug-likeness (QED) is 0.633. The maximum absolute atomic E-state index is 9.76. The largest absolute Gasteiger partial charge is 0.481 e. The summed E-state index contributed by atoms with van der Waals surface area (Å²) in [7, 11) is 0. The third-order valence-electron chi connectivity index (χ3n) is 0.744. The first-order valence-corrected chi connectivity index (χ1v) is 3.51. The Morgan fingerprint density at radius 1 is 1.40 bits per heavy atom. The standard InChI is InChI=1S/C5H10O2.C2H6O/c1-2-3-4-5(6)7;1-2-3/h2-4H2,1H3,(H,6,7);3H,2H2,1H3. The molecule has 0 fully saturated rings. The van der Waals surface area contributed by atoms with E-state index >= 15 is 0 Å². The Kier molecular flexibility index (Phi) is 13.7. The van der Waals surface area contributed by atoms with Crippen molar-refractivity contribution < 1.29 is 15.0 Å². The summed E-state index contributed by atoms with van der Waals surface area (Å²) in [6, 6.07) is 0. The van der Waals surface area contributed by atoms with Crippen LogP contribution in [0, 0.1) is 0 Å². The molecule has 0 bridgehead atoms. The molecule has 0 heterocycles. The molecule has 0 spiro atoms. The molecule has 0 unspecified atom stereocenters. The van der Waals surface area contributed by atoms with E-state index in [0.717, 1.165) is 12.8 Å². The number of unbranched alkanes of at least 4 members (excludes halogenated alkanes) is 1. The van der Waals surface area contributed by atoms with Gasteiger partial charge in [0.25, 0.3) is 0 Å². The minimum Gasteiger partial charge on any atom is -0.481 e. The van der Waals surface area contributed by atoms with Gasteiger partial charge in [0.05, 0.1) is 0 Å². The van der Waals surface area contributed by atoms with Gasteiger partial charge < -0.3 is 10.2 Å². The predicted molar refractivity (Wildman–Crippen MR) is 39.9 cm³/mol. The van der Waals surface area contributed by atoms with Crippen molar-refractivity contribution >= 4 is 5.97 Å². The van der Waals surface area contributed by atoms with Crippen molar-refractivity contribution in [2.45, 2.75) is 33.1 Å². The fourth-order valence-corrected chi connectivity index (χ4v) is 0.328. The molecule has 0 saturated heterocycles. The zero-order chi connectivity index (χ0) is 8.41. The molecule has 10 heavy (non-hydrogen) atoms. The van der Waals surface area contributed by atoms with Crippen LogP contribution in [0.3, 0.4) is 0 Å². The van der Waals surface area contributed by atoms with E-state index in [0.29, 0.717) is 6.42 Å². The number of carbonyl (C=O) groups is 1. The summed E-state index contributed by atoms with van der Waals surface area (Å²) in [6.07, 6.45) is 2.08. The summed E-state index contributed by atoms with van der Waals surface area (Å²) in [6.45, 7) is 3.91. The van der Waals surface area contributed by atoms with Gasteiger partial charge in [0.15, 0.2) is 0 Å². The maximum atomic E-state index is 9.76. The van der Waals surface area contributed by atoms with Crippen LogP contribution in [0.1, 0.15) is 33.1 Å². The van der Waals surface area contributed by atoms with Gasteiger partial charge in [-0.2, -0.15) is 0 Å². The number of aliphatic hydroxyl groups is 1. The van der Waals surface area contributed by atoms with Gasteiger partial charge in [-0.25, -0.2) is 0 Å². The molecule has 2 N–H and O–H groups in total. The highest BCUT2D eigenvalue weighted by Crippen LogP contribution is 1.91. The van der Waals surface area contributed by atoms with Crippen LogP contribution in [0.25, 0.3) is 0 Å². The Bertz CT molecular complexity index is 71.3. The summed E-state index contributed by atoms with van der Waals surface area (Å²) in [4.78, 5) is 9.76. The van der Waals surface area contributed by atoms with E-state index in [9.17, 15) is 4.79 Å². The third kappa shape index (κ3) is 26.1. The fraction of sp³-hybridized carbons (Fsp3) is 0.857. The van der Waals surface area contributed by atoms with Crippen LogP contribution in [0.15, 0.2) is 0 Å². The van der Waals surface area contributed by atoms with Crippen LogP contribution in [-0.2, 0) is 4.79 Å². The predicted octanol–water partition coefficient (Wildman–Crippen LogP) is 1.26. The molecule has 0 aliphatic heterocycles. The fourth-order valence-electron chi connectivity index (χ4n) is 0.328. The summed E-state index contributed by atoms with van der Waals surface area (Å²) < 4.78 is 0. The molecule has 0 aliphatic carbocycles. The summed E-state index contributed by atoms with van der Waals surface area (Å²) in [5.41, 5.74) is 0. The van der Waals surface area contributed by atoms with Crippen molar-refractivity contribution in [1.82, 2.24) is 0 Å². The lowest BCUT2D eigenvalue weighted by atomic mass is 10.3. The van der Waals surface area contributed by atoms with Crippen molar-refractivity contribution in [3.8, 4) is 0 Å². The molecule has 3 heteroatoms. The smallest absolute Gasteiger partial charge is 0.303 e. The van der Waals surface area contributed by atoms with E-state index in [2.05, 4.69) is 0 Å². The highest BCUT2D eigenvalue weighted by molar-refractivity contribution is 5.66. The topological polar surface area (TPSA) is 57.5 Å². The number of carboxylic acids is 1. The van der Waals surface area contributed by atoms with Gasteiger partial charge in [-0.15, -0.1) is 0 Å². The Balaban J connectivity index is 0. The van der Waals surface area contributed by atoms with Crippen molar-refractivity contribution in [2.75, 3.05) is 6.61 Å². The maximum Gasteiger partial charge on any atom is 0.303 e. The van der Waals surface area contributed by atoms with Gasteiger partial charge in [0, 0.05) is 13.0 Å². The van der Waals surface area contributed by atoms with E-state index in [-0.39, 0.29) is 6.61 Å². The lowest BCUT2D eigenvalue weighted by Gasteiger charge is -1.85. The van der Waals surface area contributed by atoms with E-state index in [1.165, 1.54) is 0 Å². The van der Waals surface area contributed by atoms with Crippen LogP contribution in [0.4, 0.5) is 0 Å². The molecular formula is C7H16O3. The second-order valence-electron chi connectivity index (χ2n) is 1.81. The first-order chi connectivity index (χ1) is 4.68. The number of aliphatic carboxylic acids is 1. The molecule has 3 nitrogen and oxygen atoms in total. The number of hydrogen-bond acceptors (Lipinski definition) is 2. The second-order valence-corrected chi connectivity index (χ2v) is 1.81. The minimum atomic E-state index is -0.693. The van der Waals surface area contributed by atoms with E-state index in [4.69, 9.17) is 10.2 Å². The average Bonchev–Trinajstić information content (AvgIpc) is 1.85. The van der Waals surface area contributed by atoms with Crippen LogP contribution < -0.4 is 0 Å². The first kappa shape index (κ1) is 12.1. The molecule has 0 rings (SSSR count). The third-order valence-corrected chi connectivity index (χ3v) is 0.744. The monoisotopic (exact) mass is 148 g/mol. The molecule has 0 atom stereocenters. The molecule has 0 aromatic rings. The zero-order valence-corrected chi connectivity index (χ0v) is 6.63. The molecule has 62 valence electrons. The van der Waals surface area contributed by atoms with Crippen molar-refractivity contribution in [3.05, 3.63) is 0 Å². The average molecular weight is 148 g/mol. The van der Waals surface area contributed by atoms with Gasteiger partial charge in [-0.05, 0) is 13.3 Å². The molecule has 0 saturated carbocycles. The van der Waals surface area contributed by atoms with Crippen molar-refractivity contribution in [1.29, 1.82) is 0 Å². The van der Waals surface area contributed by atoms with Crippen LogP contribution in [-0.4, -0.2) is 22.8 Å². The Labute approximate surface area is 61.7 Å². The van der Waals surface area contributed by atoms with E-state index in [1.807, 2.05) is 6.92 Å². The molecule has 0 amide bonds. The number of aliphatic hydroxyl groups excluding tert-OH is 1. The highest BCUT2D eigenvalue weighted by Gasteiger charge is 1.90. The number of hydrogen-bond donors (Lipinski definition) is 2. The van der Waals surface area contributed by atoms with Gasteiger partial charge in [0.1, 0.15) is 0 Å². The minimum absolute atomic E-state index is 0.250. The number of rotatable bonds is 3. The first-order valence-electron chi connectivity index (χ1n) is 3.51. The summed E-state index contributed by atoms with van der Waals surface area (Å²) in [5, 5.41) is 15.6. The Morgan fingerprint density at radius 2 is 1.80 bits per heavy atom. The number of carboxylic acid groups (broad SMARTS) is 1. The van der Waals surface area contributed by atoms with Gasteiger partial charge in [-0.3, -0.25) is 4.79 Å². The van der Waals surface area contributed by atoms with Gasteiger partial charge in [0.2, 0.25) is 0 Å². The van der Waals surface area contributed by atoms with E-state index in [1.54, 1.807) is 6.92 Å². The lowest BCUT2D eigenvalue weighted by Crippen LogP contribution is -1.91. The van der Waals surface area contributed by atoms with Crippen molar-refractivity contribution in [3.63, 3.8) is 0 Å². The zero-order valence-electron chi connectivity index (χ0n) is 6.63. The molecular weight excluding hydrogens is 132 g/mol. The molecule has 0 aromatic carbocycles. The normalized spacial score (nSPS) is 7.90. The molecule has 0 aliphatic rings. The molecule has 0 radical (unpaired) electrons. The highest BCUT2D eigenvalue weighted by atomic mass is 16.4. The second kappa shape index (κ2) is 11.3. The SMILES string of the molecule is CCCCC(=O)O.CCO. The van der Waals surface area contributed by atoms with Crippen LogP contribution >= 0.6 is 0 Å². The summed E-state index contributed by atoms with van der Waals surface area (Å²) >= 11 is 0. The van der Waals surface area contributed by atoms with Gasteiger partial charge >= 0.3 is 5.97 Å². The molecule has 0 aromatic heterocycles. The Hall–Kier alpha value is -0.570.